The summed E-state index contributed by atoms with van der Waals surface area (Å²) in [7, 11) is 0. The number of hydroxylamine groups is 1. The van der Waals surface area contributed by atoms with Crippen molar-refractivity contribution >= 4 is 11.8 Å². The fourth-order valence-electron chi connectivity index (χ4n) is 11.5. The number of fused-ring (bicyclic) bond motifs is 5. The number of hydrogen-bond acceptors (Lipinski definition) is 8. The van der Waals surface area contributed by atoms with Gasteiger partial charge in [-0.25, -0.2) is 0 Å². The van der Waals surface area contributed by atoms with E-state index in [4.69, 9.17) is 20.7 Å². The highest BCUT2D eigenvalue weighted by molar-refractivity contribution is 8.00. The van der Waals surface area contributed by atoms with Gasteiger partial charge in [-0.1, -0.05) is 58.6 Å². The summed E-state index contributed by atoms with van der Waals surface area (Å²) < 4.78 is 12.2. The van der Waals surface area contributed by atoms with Crippen LogP contribution in [0.2, 0.25) is 0 Å². The molecule has 0 spiro atoms. The molecular formula is C51H89N3O4S. The highest BCUT2D eigenvalue weighted by atomic mass is 32.2. The van der Waals surface area contributed by atoms with Gasteiger partial charge >= 0.3 is 0 Å². The molecule has 0 aromatic carbocycles. The van der Waals surface area contributed by atoms with Crippen molar-refractivity contribution in [1.82, 2.24) is 10.8 Å². The van der Waals surface area contributed by atoms with Gasteiger partial charge in [0.25, 0.3) is 0 Å². The molecule has 4 rings (SSSR count). The Morgan fingerprint density at radius 2 is 1.71 bits per heavy atom. The molecule has 13 atom stereocenters. The maximum Gasteiger partial charge on any atom is 0.0859 e. The van der Waals surface area contributed by atoms with Gasteiger partial charge < -0.3 is 30.5 Å². The molecule has 4 fully saturated rings. The Labute approximate surface area is 367 Å². The number of aliphatic hydroxyl groups excluding tert-OH is 1. The molecule has 8 heteroatoms. The van der Waals surface area contributed by atoms with Gasteiger partial charge in [-0.05, 0) is 177 Å². The molecule has 5 N–H and O–H groups in total. The van der Waals surface area contributed by atoms with E-state index >= 15 is 0 Å². The molecule has 0 aromatic heterocycles. The molecule has 0 heterocycles. The Morgan fingerprint density at radius 1 is 1.03 bits per heavy atom. The lowest BCUT2D eigenvalue weighted by molar-refractivity contribution is -0.109. The van der Waals surface area contributed by atoms with E-state index in [1.165, 1.54) is 63.1 Å². The number of terminal acetylenes is 1. The third kappa shape index (κ3) is 14.7. The van der Waals surface area contributed by atoms with Crippen LogP contribution in [0.4, 0.5) is 0 Å². The number of thioether (sulfide) groups is 1. The Hall–Kier alpha value is -1.73. The van der Waals surface area contributed by atoms with Gasteiger partial charge in [-0.2, -0.15) is 17.2 Å². The van der Waals surface area contributed by atoms with E-state index in [1.54, 1.807) is 0 Å². The van der Waals surface area contributed by atoms with Gasteiger partial charge in [0.05, 0.1) is 43.1 Å². The normalized spacial score (nSPS) is 30.6. The first-order chi connectivity index (χ1) is 27.9. The van der Waals surface area contributed by atoms with E-state index in [-0.39, 0.29) is 35.1 Å². The van der Waals surface area contributed by atoms with Crippen molar-refractivity contribution in [2.45, 2.75) is 188 Å². The van der Waals surface area contributed by atoms with Crippen LogP contribution >= 0.6 is 11.8 Å². The molecule has 0 aromatic rings. The van der Waals surface area contributed by atoms with Crippen LogP contribution in [0.15, 0.2) is 48.4 Å². The molecule has 338 valence electrons. The number of allylic oxidation sites excluding steroid dienone is 1. The predicted octanol–water partition coefficient (Wildman–Crippen LogP) is 11.2. The number of ether oxygens (including phenoxy) is 2. The molecule has 4 saturated carbocycles. The van der Waals surface area contributed by atoms with E-state index in [0.717, 1.165) is 103 Å². The van der Waals surface area contributed by atoms with Crippen molar-refractivity contribution in [3.8, 4) is 12.3 Å². The molecule has 13 unspecified atom stereocenters. The molecule has 0 amide bonds. The van der Waals surface area contributed by atoms with Gasteiger partial charge in [0.2, 0.25) is 0 Å². The number of nitrogens with one attached hydrogen (secondary N) is 2. The van der Waals surface area contributed by atoms with Crippen LogP contribution in [0.5, 0.6) is 0 Å². The molecule has 7 nitrogen and oxygen atoms in total. The highest BCUT2D eigenvalue weighted by Crippen LogP contribution is 2.64. The molecule has 4 aliphatic carbocycles. The van der Waals surface area contributed by atoms with Crippen LogP contribution < -0.4 is 16.5 Å². The van der Waals surface area contributed by atoms with Crippen molar-refractivity contribution in [1.29, 1.82) is 0 Å². The third-order valence-corrected chi connectivity index (χ3v) is 16.6. The standard InChI is InChI=1S/C49H84N2O4S.C2H5N/c1-14-17-46(37(9)53-31-48(11,12)54-27-15-2)50-36(8)35(7)34(6)30-56-38(10)47(32(3)4)51-55-28-16-18-33(5)41-21-22-43-42(41)23-24-45-44(43)20-19-39-29-40(52)25-26-49(39,45)13;1-2-3/h1,33,37-47,50-52H,3,8,15-31H2,2,4-7,9-13H3;2H,1,3H2/b35-34+;. The van der Waals surface area contributed by atoms with E-state index in [9.17, 15) is 5.11 Å². The lowest BCUT2D eigenvalue weighted by atomic mass is 9.47. The number of nitrogens with two attached hydrogens (primary N) is 1. The Kier molecular flexibility index (Phi) is 21.7. The average Bonchev–Trinajstić information content (AvgIpc) is 3.64. The monoisotopic (exact) mass is 840 g/mol. The van der Waals surface area contributed by atoms with Crippen molar-refractivity contribution in [3.05, 3.63) is 48.4 Å². The van der Waals surface area contributed by atoms with Crippen molar-refractivity contribution < 1.29 is 19.4 Å². The van der Waals surface area contributed by atoms with Crippen LogP contribution in [0, 0.1) is 59.2 Å². The number of rotatable bonds is 23. The zero-order valence-electron chi connectivity index (χ0n) is 39.4. The average molecular weight is 840 g/mol. The largest absolute Gasteiger partial charge is 0.405 e. The second-order valence-electron chi connectivity index (χ2n) is 20.0. The zero-order valence-corrected chi connectivity index (χ0v) is 40.2. The van der Waals surface area contributed by atoms with Crippen molar-refractivity contribution in [2.75, 3.05) is 25.6 Å². The maximum atomic E-state index is 10.4. The van der Waals surface area contributed by atoms with Gasteiger partial charge in [-0.3, -0.25) is 0 Å². The molecule has 4 aliphatic rings. The van der Waals surface area contributed by atoms with Crippen LogP contribution in [-0.2, 0) is 14.3 Å². The van der Waals surface area contributed by atoms with E-state index in [2.05, 4.69) is 111 Å². The first-order valence-corrected chi connectivity index (χ1v) is 24.4. The summed E-state index contributed by atoms with van der Waals surface area (Å²) in [6.45, 7) is 36.0. The predicted molar refractivity (Wildman–Crippen MR) is 253 cm³/mol. The number of hydrogen-bond donors (Lipinski definition) is 4. The van der Waals surface area contributed by atoms with Gasteiger partial charge in [0, 0.05) is 29.7 Å². The van der Waals surface area contributed by atoms with Crippen LogP contribution in [0.3, 0.4) is 0 Å². The summed E-state index contributed by atoms with van der Waals surface area (Å²) in [6.07, 6.45) is 22.6. The molecule has 0 bridgehead atoms. The van der Waals surface area contributed by atoms with Crippen LogP contribution in [-0.4, -0.2) is 65.8 Å². The second-order valence-corrected chi connectivity index (χ2v) is 21.3. The third-order valence-electron chi connectivity index (χ3n) is 15.2. The smallest absolute Gasteiger partial charge is 0.0859 e. The van der Waals surface area contributed by atoms with Crippen LogP contribution in [0.1, 0.15) is 153 Å². The van der Waals surface area contributed by atoms with Gasteiger partial charge in [0.1, 0.15) is 0 Å². The summed E-state index contributed by atoms with van der Waals surface area (Å²) in [5.74, 6) is 9.78. The first kappa shape index (κ1) is 51.6. The van der Waals surface area contributed by atoms with E-state index < -0.39 is 0 Å². The quantitative estimate of drug-likeness (QED) is 0.0266. The minimum atomic E-state index is -0.345. The topological polar surface area (TPSA) is 98.0 Å². The summed E-state index contributed by atoms with van der Waals surface area (Å²) in [5.41, 5.74) is 12.6. The molecule has 59 heavy (non-hydrogen) atoms. The van der Waals surface area contributed by atoms with Crippen molar-refractivity contribution in [2.24, 2.45) is 52.6 Å². The fraction of sp³-hybridized carbons (Fsp3) is 0.804. The van der Waals surface area contributed by atoms with E-state index in [0.29, 0.717) is 18.4 Å². The molecular weight excluding hydrogens is 751 g/mol. The summed E-state index contributed by atoms with van der Waals surface area (Å²) in [6, 6.07) is 0.0311. The van der Waals surface area contributed by atoms with Crippen molar-refractivity contribution in [3.63, 3.8) is 0 Å². The van der Waals surface area contributed by atoms with Gasteiger partial charge in [0.15, 0.2) is 0 Å². The fourth-order valence-corrected chi connectivity index (χ4v) is 12.7. The summed E-state index contributed by atoms with van der Waals surface area (Å²) >= 11 is 1.92. The number of aliphatic hydroxyl groups is 1. The first-order valence-electron chi connectivity index (χ1n) is 23.4. The molecule has 0 aliphatic heterocycles. The minimum Gasteiger partial charge on any atom is -0.405 e. The van der Waals surface area contributed by atoms with E-state index in [1.807, 2.05) is 11.8 Å². The maximum absolute atomic E-state index is 10.4. The Morgan fingerprint density at radius 3 is 2.37 bits per heavy atom. The lowest BCUT2D eigenvalue weighted by Crippen LogP contribution is -2.52. The Balaban J connectivity index is 0.00000300. The summed E-state index contributed by atoms with van der Waals surface area (Å²) in [5, 5.41) is 14.3. The lowest BCUT2D eigenvalue weighted by Gasteiger charge is -2.59. The Bertz CT molecular complexity index is 1390. The molecule has 0 saturated heterocycles. The van der Waals surface area contributed by atoms with Gasteiger partial charge in [-0.15, -0.1) is 12.3 Å². The minimum absolute atomic E-state index is 0.0436. The SMILES string of the molecule is C#CCC(NC(=C)/C(C)=C(\C)CSC(C)C(NOCCCC(C)C1CCC2C1CCC1C2CCC2CC(O)CCC21C)C(=C)C)C(C)OCC(C)(C)OCCC.C=CN. The summed E-state index contributed by atoms with van der Waals surface area (Å²) in [4.78, 5) is 6.17. The van der Waals surface area contributed by atoms with Crippen LogP contribution in [0.25, 0.3) is 0 Å². The second kappa shape index (κ2) is 24.8. The molecule has 0 radical (unpaired) electrons. The zero-order chi connectivity index (χ0) is 43.9. The highest BCUT2D eigenvalue weighted by Gasteiger charge is 2.56.